The molecule has 1 fully saturated rings. The molecule has 0 radical (unpaired) electrons. The Kier molecular flexibility index (Phi) is 2.03. The molecule has 0 bridgehead atoms. The van der Waals surface area contributed by atoms with E-state index in [1.807, 2.05) is 13.8 Å². The highest BCUT2D eigenvalue weighted by atomic mass is 16.2. The molecule has 4 heteroatoms. The molecule has 2 rings (SSSR count). The van der Waals surface area contributed by atoms with Crippen molar-refractivity contribution in [1.29, 1.82) is 0 Å². The summed E-state index contributed by atoms with van der Waals surface area (Å²) in [5.74, 6) is 0.0770. The number of amides is 1. The first-order chi connectivity index (χ1) is 6.96. The lowest BCUT2D eigenvalue weighted by molar-refractivity contribution is -0.119. The summed E-state index contributed by atoms with van der Waals surface area (Å²) >= 11 is 0. The number of nitrogens with one attached hydrogen (secondary N) is 1. The molecule has 1 amide bonds. The lowest BCUT2D eigenvalue weighted by atomic mass is 9.71. The van der Waals surface area contributed by atoms with Crippen molar-refractivity contribution in [3.63, 3.8) is 0 Å². The molecule has 2 heterocycles. The van der Waals surface area contributed by atoms with Gasteiger partial charge < -0.3 is 5.32 Å². The first-order valence-electron chi connectivity index (χ1n) is 5.03. The first-order valence-corrected chi connectivity index (χ1v) is 5.03. The third-order valence-electron chi connectivity index (χ3n) is 3.47. The van der Waals surface area contributed by atoms with Crippen molar-refractivity contribution in [2.75, 3.05) is 0 Å². The van der Waals surface area contributed by atoms with Gasteiger partial charge >= 0.3 is 0 Å². The Morgan fingerprint density at radius 1 is 1.33 bits per heavy atom. The fraction of sp³-hybridized carbons (Fsp3) is 0.545. The number of aromatic nitrogens is 2. The number of carbonyl (C=O) groups excluding carboxylic acids is 1. The van der Waals surface area contributed by atoms with Crippen molar-refractivity contribution in [2.24, 2.45) is 0 Å². The Hall–Kier alpha value is -1.45. The molecule has 1 aliphatic rings. The van der Waals surface area contributed by atoms with Gasteiger partial charge in [-0.25, -0.2) is 0 Å². The maximum Gasteiger partial charge on any atom is 0.221 e. The van der Waals surface area contributed by atoms with Gasteiger partial charge in [-0.05, 0) is 13.8 Å². The number of carbonyl (C=O) groups is 1. The zero-order chi connectivity index (χ0) is 11.1. The molecular weight excluding hydrogens is 190 g/mol. The fourth-order valence-electron chi connectivity index (χ4n) is 2.07. The second-order valence-corrected chi connectivity index (χ2v) is 4.77. The van der Waals surface area contributed by atoms with Crippen LogP contribution in [0.25, 0.3) is 0 Å². The van der Waals surface area contributed by atoms with E-state index in [0.29, 0.717) is 6.42 Å². The van der Waals surface area contributed by atoms with Crippen LogP contribution < -0.4 is 5.32 Å². The van der Waals surface area contributed by atoms with Crippen molar-refractivity contribution < 1.29 is 4.79 Å². The minimum absolute atomic E-state index is 0.0770. The van der Waals surface area contributed by atoms with E-state index in [9.17, 15) is 4.79 Å². The molecule has 0 aliphatic carbocycles. The number of rotatable bonds is 1. The Morgan fingerprint density at radius 3 is 2.53 bits per heavy atom. The molecule has 1 atom stereocenters. The average molecular weight is 205 g/mol. The van der Waals surface area contributed by atoms with E-state index >= 15 is 0 Å². The van der Waals surface area contributed by atoms with Crippen LogP contribution in [-0.2, 0) is 10.2 Å². The minimum atomic E-state index is -0.279. The molecule has 1 aromatic rings. The third kappa shape index (κ3) is 1.40. The van der Waals surface area contributed by atoms with Gasteiger partial charge in [0, 0.05) is 36.0 Å². The smallest absolute Gasteiger partial charge is 0.221 e. The van der Waals surface area contributed by atoms with Crippen LogP contribution in [0.15, 0.2) is 18.6 Å². The lowest BCUT2D eigenvalue weighted by Crippen LogP contribution is -2.48. The molecule has 1 N–H and O–H groups in total. The van der Waals surface area contributed by atoms with E-state index in [4.69, 9.17) is 0 Å². The monoisotopic (exact) mass is 205 g/mol. The molecule has 1 saturated heterocycles. The summed E-state index contributed by atoms with van der Waals surface area (Å²) in [6, 6.07) is 0. The predicted molar refractivity (Wildman–Crippen MR) is 56.2 cm³/mol. The van der Waals surface area contributed by atoms with Crippen molar-refractivity contribution >= 4 is 5.91 Å². The quantitative estimate of drug-likeness (QED) is 0.745. The maximum atomic E-state index is 11.5. The Bertz CT molecular complexity index is 388. The standard InChI is InChI=1S/C11H15N3O/c1-10(2)11(3,6-9(15)14-10)8-7-12-4-5-13-8/h4-5,7H,6H2,1-3H3,(H,14,15). The molecule has 0 aromatic carbocycles. The summed E-state index contributed by atoms with van der Waals surface area (Å²) in [5.41, 5.74) is 0.312. The van der Waals surface area contributed by atoms with E-state index in [-0.39, 0.29) is 16.9 Å². The highest BCUT2D eigenvalue weighted by Gasteiger charge is 2.51. The number of nitrogens with zero attached hydrogens (tertiary/aromatic N) is 2. The van der Waals surface area contributed by atoms with Crippen LogP contribution in [0.5, 0.6) is 0 Å². The molecule has 0 saturated carbocycles. The summed E-state index contributed by atoms with van der Waals surface area (Å²) in [7, 11) is 0. The minimum Gasteiger partial charge on any atom is -0.350 e. The van der Waals surface area contributed by atoms with E-state index in [2.05, 4.69) is 22.2 Å². The molecule has 15 heavy (non-hydrogen) atoms. The zero-order valence-electron chi connectivity index (χ0n) is 9.24. The first kappa shape index (κ1) is 10.1. The van der Waals surface area contributed by atoms with E-state index in [0.717, 1.165) is 5.69 Å². The largest absolute Gasteiger partial charge is 0.350 e. The van der Waals surface area contributed by atoms with Crippen LogP contribution in [0.4, 0.5) is 0 Å². The Labute approximate surface area is 89.1 Å². The number of hydrogen-bond donors (Lipinski definition) is 1. The average Bonchev–Trinajstić information content (AvgIpc) is 2.38. The SMILES string of the molecule is CC1(C)NC(=O)CC1(C)c1cnccn1. The summed E-state index contributed by atoms with van der Waals surface area (Å²) in [6.45, 7) is 6.09. The van der Waals surface area contributed by atoms with Crippen LogP contribution in [0, 0.1) is 0 Å². The van der Waals surface area contributed by atoms with E-state index < -0.39 is 0 Å². The van der Waals surface area contributed by atoms with Gasteiger partial charge in [-0.1, -0.05) is 6.92 Å². The Morgan fingerprint density at radius 2 is 2.07 bits per heavy atom. The summed E-state index contributed by atoms with van der Waals surface area (Å²) in [4.78, 5) is 19.9. The molecular formula is C11H15N3O. The third-order valence-corrected chi connectivity index (χ3v) is 3.47. The second-order valence-electron chi connectivity index (χ2n) is 4.77. The molecule has 1 unspecified atom stereocenters. The maximum absolute atomic E-state index is 11.5. The van der Waals surface area contributed by atoms with Gasteiger partial charge in [0.1, 0.15) is 0 Å². The van der Waals surface area contributed by atoms with Gasteiger partial charge in [0.15, 0.2) is 0 Å². The lowest BCUT2D eigenvalue weighted by Gasteiger charge is -2.36. The van der Waals surface area contributed by atoms with Crippen LogP contribution >= 0.6 is 0 Å². The topological polar surface area (TPSA) is 54.9 Å². The van der Waals surface area contributed by atoms with Gasteiger partial charge in [-0.3, -0.25) is 14.8 Å². The summed E-state index contributed by atoms with van der Waals surface area (Å²) in [5, 5.41) is 2.98. The van der Waals surface area contributed by atoms with Crippen LogP contribution in [0.1, 0.15) is 32.9 Å². The second kappa shape index (κ2) is 3.02. The van der Waals surface area contributed by atoms with Crippen LogP contribution in [0.3, 0.4) is 0 Å². The van der Waals surface area contributed by atoms with E-state index in [1.165, 1.54) is 0 Å². The van der Waals surface area contributed by atoms with E-state index in [1.54, 1.807) is 18.6 Å². The van der Waals surface area contributed by atoms with Crippen molar-refractivity contribution in [3.05, 3.63) is 24.3 Å². The molecule has 4 nitrogen and oxygen atoms in total. The van der Waals surface area contributed by atoms with Crippen molar-refractivity contribution in [2.45, 2.75) is 38.1 Å². The predicted octanol–water partition coefficient (Wildman–Crippen LogP) is 1.03. The van der Waals surface area contributed by atoms with Gasteiger partial charge in [0.05, 0.1) is 5.69 Å². The summed E-state index contributed by atoms with van der Waals surface area (Å²) in [6.07, 6.45) is 5.52. The highest BCUT2D eigenvalue weighted by molar-refractivity contribution is 5.82. The van der Waals surface area contributed by atoms with Gasteiger partial charge in [0.25, 0.3) is 0 Å². The van der Waals surface area contributed by atoms with Crippen molar-refractivity contribution in [3.8, 4) is 0 Å². The van der Waals surface area contributed by atoms with Crippen LogP contribution in [-0.4, -0.2) is 21.4 Å². The normalized spacial score (nSPS) is 28.9. The van der Waals surface area contributed by atoms with Gasteiger partial charge in [0.2, 0.25) is 5.91 Å². The van der Waals surface area contributed by atoms with Crippen LogP contribution in [0.2, 0.25) is 0 Å². The molecule has 1 aliphatic heterocycles. The zero-order valence-corrected chi connectivity index (χ0v) is 9.24. The Balaban J connectivity index is 2.47. The molecule has 0 spiro atoms. The van der Waals surface area contributed by atoms with Crippen molar-refractivity contribution in [1.82, 2.24) is 15.3 Å². The van der Waals surface area contributed by atoms with Gasteiger partial charge in [-0.15, -0.1) is 0 Å². The highest BCUT2D eigenvalue weighted by Crippen LogP contribution is 2.41. The van der Waals surface area contributed by atoms with Gasteiger partial charge in [-0.2, -0.15) is 0 Å². The molecule has 1 aromatic heterocycles. The molecule has 80 valence electrons. The number of hydrogen-bond acceptors (Lipinski definition) is 3. The fourth-order valence-corrected chi connectivity index (χ4v) is 2.07. The summed E-state index contributed by atoms with van der Waals surface area (Å²) < 4.78 is 0.